The van der Waals surface area contributed by atoms with E-state index in [1.807, 2.05) is 0 Å². The summed E-state index contributed by atoms with van der Waals surface area (Å²) in [7, 11) is 1.78. The SMILES string of the molecule is Cn1cc(NC2CC(=O)NC2=O)cn1. The van der Waals surface area contributed by atoms with Crippen LogP contribution >= 0.6 is 0 Å². The molecule has 2 heterocycles. The maximum absolute atomic E-state index is 11.2. The Morgan fingerprint density at radius 2 is 2.43 bits per heavy atom. The highest BCUT2D eigenvalue weighted by molar-refractivity contribution is 6.06. The lowest BCUT2D eigenvalue weighted by atomic mass is 10.2. The van der Waals surface area contributed by atoms with E-state index in [2.05, 4.69) is 15.7 Å². The molecule has 0 bridgehead atoms. The minimum Gasteiger partial charge on any atom is -0.371 e. The van der Waals surface area contributed by atoms with Crippen LogP contribution in [0.15, 0.2) is 12.4 Å². The van der Waals surface area contributed by atoms with Gasteiger partial charge in [-0.05, 0) is 0 Å². The number of aromatic nitrogens is 2. The van der Waals surface area contributed by atoms with E-state index in [1.165, 1.54) is 0 Å². The van der Waals surface area contributed by atoms with Crippen molar-refractivity contribution in [3.05, 3.63) is 12.4 Å². The van der Waals surface area contributed by atoms with Crippen molar-refractivity contribution in [2.24, 2.45) is 7.05 Å². The third-order valence-electron chi connectivity index (χ3n) is 2.01. The molecule has 1 saturated heterocycles. The molecule has 2 N–H and O–H groups in total. The lowest BCUT2D eigenvalue weighted by molar-refractivity contribution is -0.124. The Hall–Kier alpha value is -1.85. The molecule has 0 radical (unpaired) electrons. The highest BCUT2D eigenvalue weighted by Crippen LogP contribution is 2.11. The van der Waals surface area contributed by atoms with Gasteiger partial charge in [-0.2, -0.15) is 5.10 Å². The van der Waals surface area contributed by atoms with Gasteiger partial charge in [-0.15, -0.1) is 0 Å². The van der Waals surface area contributed by atoms with E-state index < -0.39 is 6.04 Å². The van der Waals surface area contributed by atoms with Gasteiger partial charge in [0, 0.05) is 13.2 Å². The van der Waals surface area contributed by atoms with Gasteiger partial charge in [0.2, 0.25) is 11.8 Å². The number of nitrogens with one attached hydrogen (secondary N) is 2. The number of carbonyl (C=O) groups excluding carboxylic acids is 2. The number of rotatable bonds is 2. The normalized spacial score (nSPS) is 21.1. The zero-order chi connectivity index (χ0) is 10.1. The smallest absolute Gasteiger partial charge is 0.249 e. The van der Waals surface area contributed by atoms with Crippen molar-refractivity contribution in [1.82, 2.24) is 15.1 Å². The van der Waals surface area contributed by atoms with Crippen LogP contribution in [0.1, 0.15) is 6.42 Å². The van der Waals surface area contributed by atoms with Crippen LogP contribution in [0, 0.1) is 0 Å². The Balaban J connectivity index is 2.05. The zero-order valence-corrected chi connectivity index (χ0v) is 7.65. The van der Waals surface area contributed by atoms with Gasteiger partial charge in [0.25, 0.3) is 0 Å². The molecule has 74 valence electrons. The highest BCUT2D eigenvalue weighted by Gasteiger charge is 2.30. The molecule has 1 aromatic heterocycles. The van der Waals surface area contributed by atoms with Crippen molar-refractivity contribution in [3.63, 3.8) is 0 Å². The van der Waals surface area contributed by atoms with Gasteiger partial charge in [0.05, 0.1) is 18.3 Å². The first kappa shape index (κ1) is 8.74. The third kappa shape index (κ3) is 1.59. The van der Waals surface area contributed by atoms with E-state index in [0.29, 0.717) is 0 Å². The summed E-state index contributed by atoms with van der Waals surface area (Å²) in [5.41, 5.74) is 0.738. The summed E-state index contributed by atoms with van der Waals surface area (Å²) < 4.78 is 1.62. The average Bonchev–Trinajstić information content (AvgIpc) is 2.61. The molecule has 0 saturated carbocycles. The Morgan fingerprint density at radius 1 is 1.64 bits per heavy atom. The molecule has 1 unspecified atom stereocenters. The third-order valence-corrected chi connectivity index (χ3v) is 2.01. The number of amides is 2. The van der Waals surface area contributed by atoms with Gasteiger partial charge >= 0.3 is 0 Å². The quantitative estimate of drug-likeness (QED) is 0.607. The molecular weight excluding hydrogens is 184 g/mol. The first-order valence-electron chi connectivity index (χ1n) is 4.24. The zero-order valence-electron chi connectivity index (χ0n) is 7.65. The number of imide groups is 1. The van der Waals surface area contributed by atoms with Crippen LogP contribution < -0.4 is 10.6 Å². The molecule has 6 nitrogen and oxygen atoms in total. The molecule has 2 amide bonds. The summed E-state index contributed by atoms with van der Waals surface area (Å²) in [4.78, 5) is 22.0. The van der Waals surface area contributed by atoms with Gasteiger partial charge in [-0.25, -0.2) is 0 Å². The molecule has 1 aromatic rings. The Bertz CT molecular complexity index is 384. The maximum atomic E-state index is 11.2. The molecule has 1 atom stereocenters. The number of nitrogens with zero attached hydrogens (tertiary/aromatic N) is 2. The van der Waals surface area contributed by atoms with Crippen molar-refractivity contribution in [2.45, 2.75) is 12.5 Å². The van der Waals surface area contributed by atoms with E-state index in [0.717, 1.165) is 5.69 Å². The van der Waals surface area contributed by atoms with Crippen LogP contribution in [0.2, 0.25) is 0 Å². The number of aryl methyl sites for hydroxylation is 1. The predicted molar refractivity (Wildman–Crippen MR) is 48.4 cm³/mol. The van der Waals surface area contributed by atoms with E-state index >= 15 is 0 Å². The van der Waals surface area contributed by atoms with Crippen LogP contribution in [-0.4, -0.2) is 27.6 Å². The average molecular weight is 194 g/mol. The minimum absolute atomic E-state index is 0.188. The summed E-state index contributed by atoms with van der Waals surface area (Å²) in [6.45, 7) is 0. The number of hydrogen-bond acceptors (Lipinski definition) is 4. The lowest BCUT2D eigenvalue weighted by Crippen LogP contribution is -2.29. The number of anilines is 1. The topological polar surface area (TPSA) is 76.0 Å². The van der Waals surface area contributed by atoms with Gasteiger partial charge in [0.15, 0.2) is 0 Å². The summed E-state index contributed by atoms with van der Waals surface area (Å²) in [6.07, 6.45) is 3.54. The van der Waals surface area contributed by atoms with Crippen LogP contribution in [0.3, 0.4) is 0 Å². The monoisotopic (exact) mass is 194 g/mol. The maximum Gasteiger partial charge on any atom is 0.249 e. The fourth-order valence-corrected chi connectivity index (χ4v) is 1.37. The van der Waals surface area contributed by atoms with E-state index in [-0.39, 0.29) is 18.2 Å². The summed E-state index contributed by atoms with van der Waals surface area (Å²) in [5.74, 6) is -0.518. The minimum atomic E-state index is -0.466. The largest absolute Gasteiger partial charge is 0.371 e. The van der Waals surface area contributed by atoms with Gasteiger partial charge in [-0.1, -0.05) is 0 Å². The van der Waals surface area contributed by atoms with Gasteiger partial charge in [0.1, 0.15) is 6.04 Å². The fourth-order valence-electron chi connectivity index (χ4n) is 1.37. The standard InChI is InChI=1S/C8H10N4O2/c1-12-4-5(3-9-12)10-6-2-7(13)11-8(6)14/h3-4,6,10H,2H2,1H3,(H,11,13,14). The van der Waals surface area contributed by atoms with E-state index in [9.17, 15) is 9.59 Å². The molecule has 2 rings (SSSR count). The summed E-state index contributed by atoms with van der Waals surface area (Å²) in [6, 6.07) is -0.466. The van der Waals surface area contributed by atoms with Gasteiger partial charge in [-0.3, -0.25) is 19.6 Å². The molecule has 0 spiro atoms. The lowest BCUT2D eigenvalue weighted by Gasteiger charge is -2.06. The molecule has 1 aliphatic rings. The second-order valence-corrected chi connectivity index (χ2v) is 3.22. The predicted octanol–water partition coefficient (Wildman–Crippen LogP) is -0.753. The first-order chi connectivity index (χ1) is 6.65. The van der Waals surface area contributed by atoms with Crippen LogP contribution in [-0.2, 0) is 16.6 Å². The second-order valence-electron chi connectivity index (χ2n) is 3.22. The molecule has 6 heteroatoms. The molecule has 1 aliphatic heterocycles. The molecule has 1 fully saturated rings. The molecule has 14 heavy (non-hydrogen) atoms. The Morgan fingerprint density at radius 3 is 2.93 bits per heavy atom. The van der Waals surface area contributed by atoms with E-state index in [1.54, 1.807) is 24.1 Å². The van der Waals surface area contributed by atoms with Crippen LogP contribution in [0.5, 0.6) is 0 Å². The Kier molecular flexibility index (Phi) is 1.95. The van der Waals surface area contributed by atoms with Crippen molar-refractivity contribution < 1.29 is 9.59 Å². The number of hydrogen-bond donors (Lipinski definition) is 2. The first-order valence-corrected chi connectivity index (χ1v) is 4.24. The van der Waals surface area contributed by atoms with Gasteiger partial charge < -0.3 is 5.32 Å². The summed E-state index contributed by atoms with van der Waals surface area (Å²) >= 11 is 0. The van der Waals surface area contributed by atoms with Crippen LogP contribution in [0.4, 0.5) is 5.69 Å². The van der Waals surface area contributed by atoms with Crippen LogP contribution in [0.25, 0.3) is 0 Å². The van der Waals surface area contributed by atoms with E-state index in [4.69, 9.17) is 0 Å². The van der Waals surface area contributed by atoms with Crippen molar-refractivity contribution >= 4 is 17.5 Å². The van der Waals surface area contributed by atoms with Crippen molar-refractivity contribution in [2.75, 3.05) is 5.32 Å². The summed E-state index contributed by atoms with van der Waals surface area (Å²) in [5, 5.41) is 9.09. The molecule has 0 aliphatic carbocycles. The Labute approximate surface area is 80.3 Å². The second kappa shape index (κ2) is 3.13. The highest BCUT2D eigenvalue weighted by atomic mass is 16.2. The van der Waals surface area contributed by atoms with Crippen molar-refractivity contribution in [3.8, 4) is 0 Å². The molecule has 0 aromatic carbocycles. The molecular formula is C8H10N4O2. The number of carbonyl (C=O) groups is 2. The fraction of sp³-hybridized carbons (Fsp3) is 0.375. The van der Waals surface area contributed by atoms with Crippen molar-refractivity contribution in [1.29, 1.82) is 0 Å².